The first-order valence-corrected chi connectivity index (χ1v) is 5.97. The lowest BCUT2D eigenvalue weighted by atomic mass is 10.2. The molecule has 1 N–H and O–H groups in total. The SMILES string of the molecule is C=C(Cl)CNC(C)c1cc(Cl)sc1Cl. The number of halogens is 3. The van der Waals surface area contributed by atoms with Crippen molar-refractivity contribution in [2.24, 2.45) is 0 Å². The average molecular weight is 271 g/mol. The van der Waals surface area contributed by atoms with E-state index in [0.717, 1.165) is 9.90 Å². The molecule has 1 unspecified atom stereocenters. The lowest BCUT2D eigenvalue weighted by molar-refractivity contribution is 0.616. The zero-order chi connectivity index (χ0) is 10.7. The molecule has 14 heavy (non-hydrogen) atoms. The molecule has 0 amide bonds. The van der Waals surface area contributed by atoms with Gasteiger partial charge in [0.25, 0.3) is 0 Å². The zero-order valence-corrected chi connectivity index (χ0v) is 10.7. The van der Waals surface area contributed by atoms with Crippen LogP contribution in [0.4, 0.5) is 0 Å². The Hall–Kier alpha value is 0.270. The molecule has 0 aliphatic carbocycles. The molecule has 0 fully saturated rings. The molecule has 1 heterocycles. The van der Waals surface area contributed by atoms with Crippen LogP contribution in [0, 0.1) is 0 Å². The molecule has 1 atom stereocenters. The minimum Gasteiger partial charge on any atom is -0.305 e. The number of rotatable bonds is 4. The van der Waals surface area contributed by atoms with E-state index in [-0.39, 0.29) is 6.04 Å². The second-order valence-electron chi connectivity index (χ2n) is 2.90. The summed E-state index contributed by atoms with van der Waals surface area (Å²) in [4.78, 5) is 0. The van der Waals surface area contributed by atoms with Gasteiger partial charge in [0.1, 0.15) is 0 Å². The van der Waals surface area contributed by atoms with Crippen molar-refractivity contribution in [2.75, 3.05) is 6.54 Å². The standard InChI is InChI=1S/C9H10Cl3NS/c1-5(10)4-13-6(2)7-3-8(11)14-9(7)12/h3,6,13H,1,4H2,2H3. The van der Waals surface area contributed by atoms with Crippen molar-refractivity contribution in [1.29, 1.82) is 0 Å². The second kappa shape index (κ2) is 5.38. The normalized spacial score (nSPS) is 12.9. The van der Waals surface area contributed by atoms with E-state index in [2.05, 4.69) is 11.9 Å². The first-order valence-electron chi connectivity index (χ1n) is 4.02. The Labute approximate surface area is 103 Å². The van der Waals surface area contributed by atoms with E-state index < -0.39 is 0 Å². The van der Waals surface area contributed by atoms with Gasteiger partial charge in [0.15, 0.2) is 0 Å². The number of hydrogen-bond donors (Lipinski definition) is 1. The first-order chi connectivity index (χ1) is 6.50. The van der Waals surface area contributed by atoms with E-state index in [0.29, 0.717) is 15.9 Å². The van der Waals surface area contributed by atoms with Crippen LogP contribution in [0.15, 0.2) is 17.7 Å². The quantitative estimate of drug-likeness (QED) is 0.852. The highest BCUT2D eigenvalue weighted by molar-refractivity contribution is 7.20. The van der Waals surface area contributed by atoms with Crippen molar-refractivity contribution in [3.8, 4) is 0 Å². The van der Waals surface area contributed by atoms with E-state index in [1.165, 1.54) is 11.3 Å². The Morgan fingerprint density at radius 2 is 2.29 bits per heavy atom. The highest BCUT2D eigenvalue weighted by Gasteiger charge is 2.12. The summed E-state index contributed by atoms with van der Waals surface area (Å²) < 4.78 is 1.42. The smallest absolute Gasteiger partial charge is 0.0991 e. The van der Waals surface area contributed by atoms with Crippen LogP contribution in [-0.4, -0.2) is 6.54 Å². The molecule has 0 radical (unpaired) electrons. The van der Waals surface area contributed by atoms with Crippen LogP contribution < -0.4 is 5.32 Å². The fourth-order valence-corrected chi connectivity index (χ4v) is 2.74. The molecule has 1 aromatic rings. The topological polar surface area (TPSA) is 12.0 Å². The first kappa shape index (κ1) is 12.3. The summed E-state index contributed by atoms with van der Waals surface area (Å²) in [6, 6.07) is 1.99. The summed E-state index contributed by atoms with van der Waals surface area (Å²) in [5, 5.41) is 3.76. The molecule has 0 bridgehead atoms. The minimum atomic E-state index is 0.127. The van der Waals surface area contributed by atoms with Crippen LogP contribution >= 0.6 is 46.1 Å². The molecule has 0 spiro atoms. The largest absolute Gasteiger partial charge is 0.305 e. The zero-order valence-electron chi connectivity index (χ0n) is 7.61. The summed E-state index contributed by atoms with van der Waals surface area (Å²) in [5.74, 6) is 0. The summed E-state index contributed by atoms with van der Waals surface area (Å²) in [6.07, 6.45) is 0. The van der Waals surface area contributed by atoms with Crippen LogP contribution in [0.5, 0.6) is 0 Å². The van der Waals surface area contributed by atoms with Crippen LogP contribution in [-0.2, 0) is 0 Å². The van der Waals surface area contributed by atoms with Gasteiger partial charge in [-0.1, -0.05) is 41.4 Å². The summed E-state index contributed by atoms with van der Waals surface area (Å²) >= 11 is 18.8. The van der Waals surface area contributed by atoms with E-state index >= 15 is 0 Å². The maximum Gasteiger partial charge on any atom is 0.0991 e. The molecule has 5 heteroatoms. The Morgan fingerprint density at radius 3 is 2.71 bits per heavy atom. The molecule has 0 aliphatic heterocycles. The predicted octanol–water partition coefficient (Wildman–Crippen LogP) is 4.46. The fourth-order valence-electron chi connectivity index (χ4n) is 1.02. The monoisotopic (exact) mass is 269 g/mol. The highest BCUT2D eigenvalue weighted by atomic mass is 35.5. The summed E-state index contributed by atoms with van der Waals surface area (Å²) in [6.45, 7) is 6.16. The van der Waals surface area contributed by atoms with Crippen LogP contribution in [0.1, 0.15) is 18.5 Å². The van der Waals surface area contributed by atoms with E-state index in [1.807, 2.05) is 13.0 Å². The molecule has 0 saturated heterocycles. The molecule has 1 aromatic heterocycles. The Bertz CT molecular complexity index is 335. The minimum absolute atomic E-state index is 0.127. The van der Waals surface area contributed by atoms with Crippen LogP contribution in [0.25, 0.3) is 0 Å². The fraction of sp³-hybridized carbons (Fsp3) is 0.333. The van der Waals surface area contributed by atoms with Crippen LogP contribution in [0.3, 0.4) is 0 Å². The average Bonchev–Trinajstić information content (AvgIpc) is 2.41. The van der Waals surface area contributed by atoms with Crippen molar-refractivity contribution < 1.29 is 0 Å². The maximum absolute atomic E-state index is 5.99. The Morgan fingerprint density at radius 1 is 1.64 bits per heavy atom. The molecule has 0 aromatic carbocycles. The third kappa shape index (κ3) is 3.44. The molecule has 0 aliphatic rings. The summed E-state index contributed by atoms with van der Waals surface area (Å²) in [5.41, 5.74) is 1.000. The van der Waals surface area contributed by atoms with Gasteiger partial charge in [-0.3, -0.25) is 0 Å². The van der Waals surface area contributed by atoms with Gasteiger partial charge in [-0.2, -0.15) is 0 Å². The second-order valence-corrected chi connectivity index (χ2v) is 5.72. The summed E-state index contributed by atoms with van der Waals surface area (Å²) in [7, 11) is 0. The van der Waals surface area contributed by atoms with E-state index in [4.69, 9.17) is 34.8 Å². The molecular formula is C9H10Cl3NS. The van der Waals surface area contributed by atoms with Crippen LogP contribution in [0.2, 0.25) is 8.67 Å². The van der Waals surface area contributed by atoms with Crippen molar-refractivity contribution in [3.63, 3.8) is 0 Å². The highest BCUT2D eigenvalue weighted by Crippen LogP contribution is 2.34. The van der Waals surface area contributed by atoms with Crippen molar-refractivity contribution in [1.82, 2.24) is 5.32 Å². The van der Waals surface area contributed by atoms with Crippen molar-refractivity contribution >= 4 is 46.1 Å². The predicted molar refractivity (Wildman–Crippen MR) is 65.7 cm³/mol. The lowest BCUT2D eigenvalue weighted by Crippen LogP contribution is -2.19. The maximum atomic E-state index is 5.99. The number of thiophene rings is 1. The van der Waals surface area contributed by atoms with Crippen molar-refractivity contribution in [2.45, 2.75) is 13.0 Å². The molecule has 1 nitrogen and oxygen atoms in total. The van der Waals surface area contributed by atoms with Gasteiger partial charge in [0.2, 0.25) is 0 Å². The Kier molecular flexibility index (Phi) is 4.74. The number of hydrogen-bond acceptors (Lipinski definition) is 2. The van der Waals surface area contributed by atoms with Gasteiger partial charge in [0.05, 0.1) is 8.67 Å². The number of nitrogens with one attached hydrogen (secondary N) is 1. The third-order valence-electron chi connectivity index (χ3n) is 1.75. The third-order valence-corrected chi connectivity index (χ3v) is 3.40. The molecule has 0 saturated carbocycles. The van der Waals surface area contributed by atoms with Gasteiger partial charge in [-0.15, -0.1) is 11.3 Å². The van der Waals surface area contributed by atoms with Crippen molar-refractivity contribution in [3.05, 3.63) is 31.9 Å². The van der Waals surface area contributed by atoms with E-state index in [9.17, 15) is 0 Å². The Balaban J connectivity index is 2.64. The van der Waals surface area contributed by atoms with Gasteiger partial charge in [-0.25, -0.2) is 0 Å². The van der Waals surface area contributed by atoms with Gasteiger partial charge >= 0.3 is 0 Å². The van der Waals surface area contributed by atoms with Gasteiger partial charge in [0, 0.05) is 17.6 Å². The molecule has 78 valence electrons. The van der Waals surface area contributed by atoms with Gasteiger partial charge < -0.3 is 5.32 Å². The van der Waals surface area contributed by atoms with Gasteiger partial charge in [-0.05, 0) is 18.6 Å². The molecular weight excluding hydrogens is 261 g/mol. The lowest BCUT2D eigenvalue weighted by Gasteiger charge is -2.12. The van der Waals surface area contributed by atoms with E-state index in [1.54, 1.807) is 0 Å². The molecule has 1 rings (SSSR count).